The molecular formula is C22H20N6O2. The van der Waals surface area contributed by atoms with Crippen LogP contribution in [0.5, 0.6) is 5.75 Å². The molecule has 4 aromatic rings. The van der Waals surface area contributed by atoms with Gasteiger partial charge in [0.2, 0.25) is 0 Å². The first-order valence-corrected chi connectivity index (χ1v) is 9.53. The second-order valence-corrected chi connectivity index (χ2v) is 6.60. The molecule has 0 radical (unpaired) electrons. The minimum atomic E-state index is -0.282. The molecule has 0 bridgehead atoms. The van der Waals surface area contributed by atoms with Gasteiger partial charge >= 0.3 is 0 Å². The van der Waals surface area contributed by atoms with Crippen molar-refractivity contribution in [3.05, 3.63) is 82.6 Å². The summed E-state index contributed by atoms with van der Waals surface area (Å²) in [7, 11) is 0. The summed E-state index contributed by atoms with van der Waals surface area (Å²) in [6.07, 6.45) is 9.53. The van der Waals surface area contributed by atoms with Gasteiger partial charge < -0.3 is 10.8 Å². The van der Waals surface area contributed by atoms with Gasteiger partial charge in [-0.25, -0.2) is 14.6 Å². The topological polar surface area (TPSA) is 112 Å². The zero-order chi connectivity index (χ0) is 20.9. The third-order valence-corrected chi connectivity index (χ3v) is 4.70. The first-order valence-electron chi connectivity index (χ1n) is 9.53. The molecule has 4 heterocycles. The average Bonchev–Trinajstić information content (AvgIpc) is 3.28. The fourth-order valence-corrected chi connectivity index (χ4v) is 3.34. The van der Waals surface area contributed by atoms with Crippen molar-refractivity contribution in [1.29, 1.82) is 0 Å². The lowest BCUT2D eigenvalue weighted by Crippen LogP contribution is -2.30. The summed E-state index contributed by atoms with van der Waals surface area (Å²) in [6, 6.07) is 7.00. The zero-order valence-corrected chi connectivity index (χ0v) is 16.2. The summed E-state index contributed by atoms with van der Waals surface area (Å²) in [5, 5.41) is 10.7. The van der Waals surface area contributed by atoms with E-state index < -0.39 is 0 Å². The fraction of sp³-hybridized carbons (Fsp3) is 0.182. The molecule has 4 aromatic heterocycles. The maximum atomic E-state index is 13.4. The van der Waals surface area contributed by atoms with Crippen LogP contribution in [0.15, 0.2) is 60.2 Å². The van der Waals surface area contributed by atoms with Crippen molar-refractivity contribution in [2.75, 3.05) is 6.54 Å². The molecule has 0 atom stereocenters. The van der Waals surface area contributed by atoms with E-state index in [0.29, 0.717) is 42.7 Å². The Morgan fingerprint density at radius 3 is 2.70 bits per heavy atom. The molecule has 0 aliphatic heterocycles. The van der Waals surface area contributed by atoms with Gasteiger partial charge in [-0.15, -0.1) is 0 Å². The van der Waals surface area contributed by atoms with Crippen molar-refractivity contribution < 1.29 is 5.11 Å². The Hall–Kier alpha value is -3.96. The number of aromatic nitrogens is 5. The molecule has 0 spiro atoms. The molecule has 8 nitrogen and oxygen atoms in total. The van der Waals surface area contributed by atoms with Gasteiger partial charge in [-0.1, -0.05) is 11.8 Å². The van der Waals surface area contributed by atoms with Crippen LogP contribution in [0, 0.1) is 11.8 Å². The number of pyridine rings is 3. The van der Waals surface area contributed by atoms with Gasteiger partial charge in [0, 0.05) is 43.0 Å². The Bertz CT molecular complexity index is 1300. The highest BCUT2D eigenvalue weighted by Crippen LogP contribution is 2.19. The van der Waals surface area contributed by atoms with Gasteiger partial charge in [-0.3, -0.25) is 9.78 Å². The van der Waals surface area contributed by atoms with E-state index in [1.165, 1.54) is 4.68 Å². The predicted molar refractivity (Wildman–Crippen MR) is 113 cm³/mol. The highest BCUT2D eigenvalue weighted by Gasteiger charge is 2.17. The highest BCUT2D eigenvalue weighted by molar-refractivity contribution is 5.81. The Labute approximate surface area is 172 Å². The Morgan fingerprint density at radius 1 is 1.10 bits per heavy atom. The third kappa shape index (κ3) is 3.66. The second-order valence-electron chi connectivity index (χ2n) is 6.60. The van der Waals surface area contributed by atoms with Gasteiger partial charge in [0.15, 0.2) is 5.65 Å². The monoisotopic (exact) mass is 400 g/mol. The molecule has 0 saturated heterocycles. The molecule has 0 unspecified atom stereocenters. The van der Waals surface area contributed by atoms with Crippen LogP contribution in [-0.4, -0.2) is 36.0 Å². The first kappa shape index (κ1) is 19.4. The highest BCUT2D eigenvalue weighted by atomic mass is 16.3. The summed E-state index contributed by atoms with van der Waals surface area (Å²) in [4.78, 5) is 26.0. The minimum Gasteiger partial charge on any atom is -0.506 e. The molecule has 0 aliphatic rings. The van der Waals surface area contributed by atoms with Crippen LogP contribution in [0.3, 0.4) is 0 Å². The summed E-state index contributed by atoms with van der Waals surface area (Å²) >= 11 is 0. The van der Waals surface area contributed by atoms with Crippen LogP contribution in [0.2, 0.25) is 0 Å². The quantitative estimate of drug-likeness (QED) is 0.491. The maximum Gasteiger partial charge on any atom is 0.287 e. The molecule has 0 saturated carbocycles. The van der Waals surface area contributed by atoms with Crippen molar-refractivity contribution in [2.45, 2.75) is 19.3 Å². The molecule has 4 rings (SSSR count). The zero-order valence-electron chi connectivity index (χ0n) is 16.2. The smallest absolute Gasteiger partial charge is 0.287 e. The summed E-state index contributed by atoms with van der Waals surface area (Å²) in [6.45, 7) is 0.384. The lowest BCUT2D eigenvalue weighted by molar-refractivity contribution is 0.464. The maximum absolute atomic E-state index is 13.4. The van der Waals surface area contributed by atoms with Gasteiger partial charge in [0.05, 0.1) is 11.3 Å². The Kier molecular flexibility index (Phi) is 5.54. The SMILES string of the molecule is NCCc1c(C#CCCc2ncccc2O)c(=O)n(-n2ccnc2)c2ncccc12. The Balaban J connectivity index is 1.81. The number of hydrogen-bond acceptors (Lipinski definition) is 6. The standard InChI is InChI=1S/C22H20N6O2/c23-10-9-16-17-6-3-12-26-21(17)28(27-14-13-24-15-27)22(30)18(16)5-1-2-7-19-20(29)8-4-11-25-19/h3-4,6,8,11-15,29H,2,7,9-10,23H2. The number of nitrogens with two attached hydrogens (primary N) is 1. The number of rotatable bonds is 5. The number of imidazole rings is 1. The van der Waals surface area contributed by atoms with Gasteiger partial charge in [-0.2, -0.15) is 4.68 Å². The van der Waals surface area contributed by atoms with E-state index in [1.807, 2.05) is 12.1 Å². The molecule has 150 valence electrons. The van der Waals surface area contributed by atoms with Crippen LogP contribution in [0.4, 0.5) is 0 Å². The molecule has 3 N–H and O–H groups in total. The van der Waals surface area contributed by atoms with Crippen LogP contribution < -0.4 is 11.3 Å². The van der Waals surface area contributed by atoms with Crippen molar-refractivity contribution >= 4 is 11.0 Å². The first-order chi connectivity index (χ1) is 14.7. The second kappa shape index (κ2) is 8.59. The van der Waals surface area contributed by atoms with Crippen LogP contribution in [0.1, 0.15) is 23.2 Å². The van der Waals surface area contributed by atoms with E-state index in [4.69, 9.17) is 5.73 Å². The van der Waals surface area contributed by atoms with E-state index in [9.17, 15) is 9.90 Å². The van der Waals surface area contributed by atoms with Crippen molar-refractivity contribution in [3.8, 4) is 17.6 Å². The van der Waals surface area contributed by atoms with Crippen LogP contribution >= 0.6 is 0 Å². The molecular weight excluding hydrogens is 380 g/mol. The van der Waals surface area contributed by atoms with Crippen molar-refractivity contribution in [2.24, 2.45) is 5.73 Å². The van der Waals surface area contributed by atoms with Crippen molar-refractivity contribution in [3.63, 3.8) is 0 Å². The minimum absolute atomic E-state index is 0.141. The number of aryl methyl sites for hydroxylation is 1. The fourth-order valence-electron chi connectivity index (χ4n) is 3.34. The molecule has 30 heavy (non-hydrogen) atoms. The van der Waals surface area contributed by atoms with Crippen LogP contribution in [-0.2, 0) is 12.8 Å². The Morgan fingerprint density at radius 2 is 1.93 bits per heavy atom. The third-order valence-electron chi connectivity index (χ3n) is 4.70. The molecule has 0 aliphatic carbocycles. The largest absolute Gasteiger partial charge is 0.506 e. The van der Waals surface area contributed by atoms with Crippen LogP contribution in [0.25, 0.3) is 11.0 Å². The van der Waals surface area contributed by atoms with Gasteiger partial charge in [0.1, 0.15) is 12.1 Å². The van der Waals surface area contributed by atoms with E-state index >= 15 is 0 Å². The predicted octanol–water partition coefficient (Wildman–Crippen LogP) is 1.49. The summed E-state index contributed by atoms with van der Waals surface area (Å²) in [5.74, 6) is 6.24. The molecule has 0 fully saturated rings. The lowest BCUT2D eigenvalue weighted by atomic mass is 10.0. The summed E-state index contributed by atoms with van der Waals surface area (Å²) in [5.41, 5.74) is 7.81. The number of fused-ring (bicyclic) bond motifs is 1. The van der Waals surface area contributed by atoms with Gasteiger partial charge in [0.25, 0.3) is 5.56 Å². The van der Waals surface area contributed by atoms with E-state index in [-0.39, 0.29) is 11.3 Å². The molecule has 0 aromatic carbocycles. The number of hydrogen-bond donors (Lipinski definition) is 2. The van der Waals surface area contributed by atoms with Gasteiger partial charge in [-0.05, 0) is 42.8 Å². The lowest BCUT2D eigenvalue weighted by Gasteiger charge is -2.14. The van der Waals surface area contributed by atoms with E-state index in [2.05, 4.69) is 26.8 Å². The summed E-state index contributed by atoms with van der Waals surface area (Å²) < 4.78 is 3.04. The average molecular weight is 400 g/mol. The normalized spacial score (nSPS) is 10.7. The number of nitrogens with zero attached hydrogens (tertiary/aromatic N) is 5. The van der Waals surface area contributed by atoms with E-state index in [0.717, 1.165) is 10.9 Å². The number of aromatic hydroxyl groups is 1. The molecule has 0 amide bonds. The van der Waals surface area contributed by atoms with Crippen molar-refractivity contribution in [1.82, 2.24) is 24.3 Å². The van der Waals surface area contributed by atoms with E-state index in [1.54, 1.807) is 47.9 Å². The molecule has 8 heteroatoms.